The van der Waals surface area contributed by atoms with Crippen LogP contribution >= 0.6 is 0 Å². The van der Waals surface area contributed by atoms with E-state index in [0.29, 0.717) is 23.5 Å². The summed E-state index contributed by atoms with van der Waals surface area (Å²) in [5, 5.41) is 6.57. The highest BCUT2D eigenvalue weighted by molar-refractivity contribution is 6.43. The van der Waals surface area contributed by atoms with Crippen LogP contribution in [0.4, 0.5) is 5.69 Å². The first-order chi connectivity index (χ1) is 11.9. The summed E-state index contributed by atoms with van der Waals surface area (Å²) in [5.74, 6) is -1.69. The molecule has 1 aliphatic heterocycles. The van der Waals surface area contributed by atoms with Crippen molar-refractivity contribution in [3.8, 4) is 0 Å². The summed E-state index contributed by atoms with van der Waals surface area (Å²) in [6.45, 7) is 3.78. The van der Waals surface area contributed by atoms with Gasteiger partial charge in [0, 0.05) is 25.0 Å². The molecule has 25 heavy (non-hydrogen) atoms. The maximum atomic E-state index is 12.4. The SMILES string of the molecule is Cc1nn(C)c(C)c1C(=O)C(=O)NCC(=O)N1CCc2ccccc21. The Morgan fingerprint density at radius 2 is 1.92 bits per heavy atom. The molecule has 0 saturated heterocycles. The molecule has 7 heteroatoms. The van der Waals surface area contributed by atoms with Crippen molar-refractivity contribution < 1.29 is 14.4 Å². The molecule has 0 spiro atoms. The molecule has 0 fully saturated rings. The van der Waals surface area contributed by atoms with E-state index in [9.17, 15) is 14.4 Å². The van der Waals surface area contributed by atoms with Gasteiger partial charge in [0.05, 0.1) is 17.8 Å². The number of carbonyl (C=O) groups excluding carboxylic acids is 3. The highest BCUT2D eigenvalue weighted by atomic mass is 16.2. The fourth-order valence-corrected chi connectivity index (χ4v) is 3.14. The summed E-state index contributed by atoms with van der Waals surface area (Å²) in [7, 11) is 1.71. The van der Waals surface area contributed by atoms with Crippen LogP contribution in [0.15, 0.2) is 24.3 Å². The van der Waals surface area contributed by atoms with Crippen LogP contribution in [-0.4, -0.2) is 40.5 Å². The van der Waals surface area contributed by atoms with Gasteiger partial charge in [-0.1, -0.05) is 18.2 Å². The van der Waals surface area contributed by atoms with Crippen molar-refractivity contribution in [1.29, 1.82) is 0 Å². The lowest BCUT2D eigenvalue weighted by Crippen LogP contribution is -2.41. The van der Waals surface area contributed by atoms with Crippen LogP contribution in [0.25, 0.3) is 0 Å². The van der Waals surface area contributed by atoms with Gasteiger partial charge in [-0.15, -0.1) is 0 Å². The van der Waals surface area contributed by atoms with Gasteiger partial charge in [-0.2, -0.15) is 5.10 Å². The molecule has 7 nitrogen and oxygen atoms in total. The Kier molecular flexibility index (Phi) is 4.39. The van der Waals surface area contributed by atoms with E-state index in [2.05, 4.69) is 10.4 Å². The van der Waals surface area contributed by atoms with Gasteiger partial charge in [0.2, 0.25) is 5.91 Å². The second kappa shape index (κ2) is 6.51. The first kappa shape index (κ1) is 16.9. The summed E-state index contributed by atoms with van der Waals surface area (Å²) in [6, 6.07) is 7.68. The van der Waals surface area contributed by atoms with Crippen molar-refractivity contribution in [3.05, 3.63) is 46.8 Å². The highest BCUT2D eigenvalue weighted by Crippen LogP contribution is 2.27. The number of nitrogens with one attached hydrogen (secondary N) is 1. The lowest BCUT2D eigenvalue weighted by atomic mass is 10.1. The van der Waals surface area contributed by atoms with E-state index in [1.54, 1.807) is 30.5 Å². The van der Waals surface area contributed by atoms with Gasteiger partial charge in [-0.3, -0.25) is 19.1 Å². The molecule has 2 heterocycles. The molecular formula is C18H20N4O3. The number of amides is 2. The Balaban J connectivity index is 1.65. The predicted molar refractivity (Wildman–Crippen MR) is 92.5 cm³/mol. The number of rotatable bonds is 4. The number of ketones is 1. The topological polar surface area (TPSA) is 84.3 Å². The Bertz CT molecular complexity index is 869. The number of fused-ring (bicyclic) bond motifs is 1. The van der Waals surface area contributed by atoms with Crippen molar-refractivity contribution in [1.82, 2.24) is 15.1 Å². The number of hydrogen-bond donors (Lipinski definition) is 1. The van der Waals surface area contributed by atoms with Gasteiger partial charge >= 0.3 is 0 Å². The average molecular weight is 340 g/mol. The summed E-state index contributed by atoms with van der Waals surface area (Å²) >= 11 is 0. The molecule has 0 unspecified atom stereocenters. The molecule has 3 rings (SSSR count). The zero-order valence-corrected chi connectivity index (χ0v) is 14.5. The average Bonchev–Trinajstić information content (AvgIpc) is 3.13. The minimum Gasteiger partial charge on any atom is -0.340 e. The number of benzene rings is 1. The van der Waals surface area contributed by atoms with Gasteiger partial charge < -0.3 is 10.2 Å². The number of aryl methyl sites for hydroxylation is 2. The molecule has 130 valence electrons. The van der Waals surface area contributed by atoms with Crippen molar-refractivity contribution in [2.45, 2.75) is 20.3 Å². The molecule has 1 aliphatic rings. The Morgan fingerprint density at radius 3 is 2.60 bits per heavy atom. The van der Waals surface area contributed by atoms with E-state index < -0.39 is 11.7 Å². The fourth-order valence-electron chi connectivity index (χ4n) is 3.14. The van der Waals surface area contributed by atoms with Gasteiger partial charge in [0.15, 0.2) is 0 Å². The van der Waals surface area contributed by atoms with E-state index in [-0.39, 0.29) is 12.5 Å². The number of anilines is 1. The molecule has 0 saturated carbocycles. The Hall–Kier alpha value is -2.96. The normalized spacial score (nSPS) is 12.8. The number of aromatic nitrogens is 2. The molecule has 1 aromatic heterocycles. The standard InChI is InChI=1S/C18H20N4O3/c1-11-16(12(2)21(3)20-11)17(24)18(25)19-10-15(23)22-9-8-13-6-4-5-7-14(13)22/h4-7H,8-10H2,1-3H3,(H,19,25). The van der Waals surface area contributed by atoms with E-state index in [1.807, 2.05) is 24.3 Å². The van der Waals surface area contributed by atoms with Crippen LogP contribution in [0.1, 0.15) is 27.3 Å². The highest BCUT2D eigenvalue weighted by Gasteiger charge is 2.27. The number of Topliss-reactive ketones (excluding diaryl/α,β-unsaturated/α-hetero) is 1. The largest absolute Gasteiger partial charge is 0.340 e. The van der Waals surface area contributed by atoms with Crippen LogP contribution < -0.4 is 10.2 Å². The van der Waals surface area contributed by atoms with Crippen LogP contribution in [-0.2, 0) is 23.1 Å². The summed E-state index contributed by atoms with van der Waals surface area (Å²) in [4.78, 5) is 38.5. The van der Waals surface area contributed by atoms with E-state index in [4.69, 9.17) is 0 Å². The monoisotopic (exact) mass is 340 g/mol. The van der Waals surface area contributed by atoms with Crippen molar-refractivity contribution in [3.63, 3.8) is 0 Å². The molecule has 0 radical (unpaired) electrons. The Morgan fingerprint density at radius 1 is 1.20 bits per heavy atom. The van der Waals surface area contributed by atoms with E-state index in [0.717, 1.165) is 17.7 Å². The molecule has 1 aromatic carbocycles. The molecule has 0 atom stereocenters. The van der Waals surface area contributed by atoms with Gasteiger partial charge in [-0.05, 0) is 31.9 Å². The zero-order chi connectivity index (χ0) is 18.1. The molecule has 2 aromatic rings. The van der Waals surface area contributed by atoms with Crippen LogP contribution in [0, 0.1) is 13.8 Å². The van der Waals surface area contributed by atoms with Crippen LogP contribution in [0.5, 0.6) is 0 Å². The first-order valence-corrected chi connectivity index (χ1v) is 8.11. The van der Waals surface area contributed by atoms with Crippen molar-refractivity contribution in [2.24, 2.45) is 7.05 Å². The number of nitrogens with zero attached hydrogens (tertiary/aromatic N) is 3. The second-order valence-electron chi connectivity index (χ2n) is 6.11. The lowest BCUT2D eigenvalue weighted by Gasteiger charge is -2.17. The molecule has 1 N–H and O–H groups in total. The lowest BCUT2D eigenvalue weighted by molar-refractivity contribution is -0.122. The van der Waals surface area contributed by atoms with Crippen molar-refractivity contribution in [2.75, 3.05) is 18.0 Å². The summed E-state index contributed by atoms with van der Waals surface area (Å²) in [6.07, 6.45) is 0.795. The number of hydrogen-bond acceptors (Lipinski definition) is 4. The maximum absolute atomic E-state index is 12.4. The first-order valence-electron chi connectivity index (χ1n) is 8.11. The maximum Gasteiger partial charge on any atom is 0.292 e. The third-order valence-corrected chi connectivity index (χ3v) is 4.53. The van der Waals surface area contributed by atoms with Gasteiger partial charge in [0.25, 0.3) is 11.7 Å². The predicted octanol–water partition coefficient (Wildman–Crippen LogP) is 0.925. The minimum absolute atomic E-state index is 0.211. The molecule has 0 aliphatic carbocycles. The van der Waals surface area contributed by atoms with Crippen molar-refractivity contribution >= 4 is 23.3 Å². The molecule has 0 bridgehead atoms. The Labute approximate surface area is 145 Å². The van der Waals surface area contributed by atoms with E-state index in [1.165, 1.54) is 0 Å². The van der Waals surface area contributed by atoms with E-state index >= 15 is 0 Å². The third-order valence-electron chi connectivity index (χ3n) is 4.53. The molecular weight excluding hydrogens is 320 g/mol. The number of carbonyl (C=O) groups is 3. The fraction of sp³-hybridized carbons (Fsp3) is 0.333. The number of para-hydroxylation sites is 1. The summed E-state index contributed by atoms with van der Waals surface area (Å²) in [5.41, 5.74) is 3.39. The van der Waals surface area contributed by atoms with Crippen LogP contribution in [0.3, 0.4) is 0 Å². The van der Waals surface area contributed by atoms with Gasteiger partial charge in [0.1, 0.15) is 0 Å². The third kappa shape index (κ3) is 3.05. The van der Waals surface area contributed by atoms with Crippen LogP contribution in [0.2, 0.25) is 0 Å². The van der Waals surface area contributed by atoms with Gasteiger partial charge in [-0.25, -0.2) is 0 Å². The molecule has 2 amide bonds. The minimum atomic E-state index is -0.792. The quantitative estimate of drug-likeness (QED) is 0.663. The smallest absolute Gasteiger partial charge is 0.292 e. The second-order valence-corrected chi connectivity index (χ2v) is 6.11. The summed E-state index contributed by atoms with van der Waals surface area (Å²) < 4.78 is 1.56. The zero-order valence-electron chi connectivity index (χ0n) is 14.5.